The minimum Gasteiger partial charge on any atom is -0.428 e. The molecule has 3 aromatic rings. The molecule has 0 bridgehead atoms. The summed E-state index contributed by atoms with van der Waals surface area (Å²) in [5.74, 6) is -0.461. The van der Waals surface area contributed by atoms with Crippen LogP contribution in [-0.2, 0) is 25.5 Å². The lowest BCUT2D eigenvalue weighted by atomic mass is 9.98. The average molecular weight is 480 g/mol. The van der Waals surface area contributed by atoms with Gasteiger partial charge in [-0.1, -0.05) is 12.1 Å². The minimum absolute atomic E-state index is 0.0528. The Morgan fingerprint density at radius 1 is 1.00 bits per heavy atom. The highest BCUT2D eigenvalue weighted by Gasteiger charge is 2.23. The third-order valence-corrected chi connectivity index (χ3v) is 5.20. The molecule has 0 aliphatic rings. The van der Waals surface area contributed by atoms with Crippen LogP contribution in [0.25, 0.3) is 11.4 Å². The van der Waals surface area contributed by atoms with Gasteiger partial charge in [0, 0.05) is 12.0 Å². The summed E-state index contributed by atoms with van der Waals surface area (Å²) in [4.78, 5) is 36.6. The molecule has 184 valence electrons. The molecular weight excluding hydrogens is 450 g/mol. The Bertz CT molecular complexity index is 1280. The van der Waals surface area contributed by atoms with E-state index in [1.54, 1.807) is 64.1 Å². The van der Waals surface area contributed by atoms with Crippen LogP contribution in [0, 0.1) is 17.7 Å². The number of carbonyl (C=O) groups excluding carboxylic acids is 2. The molecule has 2 aromatic carbocycles. The Morgan fingerprint density at radius 3 is 2.17 bits per heavy atom. The molecule has 0 spiro atoms. The zero-order valence-electron chi connectivity index (χ0n) is 20.2. The van der Waals surface area contributed by atoms with Crippen molar-refractivity contribution in [1.29, 1.82) is 5.41 Å². The van der Waals surface area contributed by atoms with Crippen LogP contribution in [0.15, 0.2) is 53.3 Å². The smallest absolute Gasteiger partial charge is 0.355 e. The van der Waals surface area contributed by atoms with E-state index in [1.165, 1.54) is 9.25 Å². The van der Waals surface area contributed by atoms with Crippen LogP contribution in [0.4, 0.5) is 0 Å². The van der Waals surface area contributed by atoms with Crippen molar-refractivity contribution in [3.05, 3.63) is 76.0 Å². The van der Waals surface area contributed by atoms with Crippen LogP contribution in [0.1, 0.15) is 44.1 Å². The maximum absolute atomic E-state index is 13.0. The second kappa shape index (κ2) is 10.4. The zero-order chi connectivity index (χ0) is 25.8. The van der Waals surface area contributed by atoms with Gasteiger partial charge in [0.15, 0.2) is 0 Å². The van der Waals surface area contributed by atoms with E-state index in [9.17, 15) is 14.4 Å². The number of nitrogens with two attached hydrogens (primary N) is 1. The molecule has 10 heteroatoms. The number of esters is 2. The quantitative estimate of drug-likeness (QED) is 0.219. The number of aromatic nitrogens is 3. The summed E-state index contributed by atoms with van der Waals surface area (Å²) >= 11 is 0. The Labute approximate surface area is 202 Å². The fourth-order valence-electron chi connectivity index (χ4n) is 3.21. The number of hydrogen-bond donors (Lipinski definition) is 2. The number of aryl methyl sites for hydroxylation is 2. The van der Waals surface area contributed by atoms with Gasteiger partial charge in [-0.2, -0.15) is 4.68 Å². The molecule has 0 unspecified atom stereocenters. The lowest BCUT2D eigenvalue weighted by Crippen LogP contribution is -2.24. The van der Waals surface area contributed by atoms with E-state index in [4.69, 9.17) is 20.6 Å². The van der Waals surface area contributed by atoms with E-state index in [0.29, 0.717) is 29.2 Å². The molecule has 1 aromatic heterocycles. The molecule has 35 heavy (non-hydrogen) atoms. The van der Waals surface area contributed by atoms with E-state index in [1.807, 2.05) is 12.1 Å². The number of nitrogens with zero attached hydrogens (tertiary/aromatic N) is 3. The molecule has 0 saturated heterocycles. The third kappa shape index (κ3) is 6.23. The van der Waals surface area contributed by atoms with Crippen molar-refractivity contribution in [2.45, 2.75) is 40.5 Å². The van der Waals surface area contributed by atoms with Gasteiger partial charge < -0.3 is 15.2 Å². The molecular formula is C25H29N5O5. The van der Waals surface area contributed by atoms with Gasteiger partial charge in [0.05, 0.1) is 16.8 Å². The Hall–Kier alpha value is -4.21. The van der Waals surface area contributed by atoms with Crippen LogP contribution in [0.2, 0.25) is 0 Å². The maximum atomic E-state index is 13.0. The first-order valence-corrected chi connectivity index (χ1v) is 11.0. The van der Waals surface area contributed by atoms with Gasteiger partial charge in [-0.3, -0.25) is 15.0 Å². The number of amidine groups is 1. The number of ether oxygens (including phenoxy) is 2. The second-order valence-electron chi connectivity index (χ2n) is 9.02. The number of nitrogen functional groups attached to an aromatic ring is 1. The van der Waals surface area contributed by atoms with Crippen molar-refractivity contribution < 1.29 is 19.1 Å². The van der Waals surface area contributed by atoms with Crippen molar-refractivity contribution in [3.8, 4) is 11.4 Å². The SMILES string of the molecule is Cc1nn(-c2ccc(C(=N)N)cc2)c(=O)n1-c1ccc(CCC(=O)OCOC(=O)C(C)(C)C)cc1. The third-order valence-electron chi connectivity index (χ3n) is 5.20. The van der Waals surface area contributed by atoms with E-state index >= 15 is 0 Å². The largest absolute Gasteiger partial charge is 0.428 e. The van der Waals surface area contributed by atoms with E-state index in [0.717, 1.165) is 5.56 Å². The van der Waals surface area contributed by atoms with Crippen LogP contribution < -0.4 is 11.4 Å². The van der Waals surface area contributed by atoms with Crippen LogP contribution >= 0.6 is 0 Å². The second-order valence-corrected chi connectivity index (χ2v) is 9.02. The van der Waals surface area contributed by atoms with Crippen LogP contribution in [-0.4, -0.2) is 38.9 Å². The van der Waals surface area contributed by atoms with Crippen molar-refractivity contribution in [2.24, 2.45) is 11.1 Å². The molecule has 0 amide bonds. The lowest BCUT2D eigenvalue weighted by molar-refractivity contribution is -0.173. The van der Waals surface area contributed by atoms with Gasteiger partial charge in [0.25, 0.3) is 0 Å². The molecule has 0 fully saturated rings. The molecule has 3 rings (SSSR count). The minimum atomic E-state index is -0.662. The van der Waals surface area contributed by atoms with Crippen LogP contribution in [0.3, 0.4) is 0 Å². The predicted octanol–water partition coefficient (Wildman–Crippen LogP) is 2.64. The summed E-state index contributed by atoms with van der Waals surface area (Å²) in [6.45, 7) is 6.48. The molecule has 0 atom stereocenters. The summed E-state index contributed by atoms with van der Waals surface area (Å²) < 4.78 is 12.7. The van der Waals surface area contributed by atoms with E-state index < -0.39 is 24.1 Å². The van der Waals surface area contributed by atoms with Gasteiger partial charge in [0.1, 0.15) is 11.7 Å². The van der Waals surface area contributed by atoms with Crippen molar-refractivity contribution in [2.75, 3.05) is 6.79 Å². The summed E-state index contributed by atoms with van der Waals surface area (Å²) in [7, 11) is 0. The molecule has 0 radical (unpaired) electrons. The lowest BCUT2D eigenvalue weighted by Gasteiger charge is -2.16. The topological polar surface area (TPSA) is 142 Å². The standard InChI is InChI=1S/C25H29N5O5/c1-16-28-30(20-12-8-18(9-13-20)22(26)27)24(33)29(16)19-10-5-17(6-11-19)7-14-21(31)34-15-35-23(32)25(2,3)4/h5-6,8-13H,7,14-15H2,1-4H3,(H3,26,27). The maximum Gasteiger partial charge on any atom is 0.355 e. The molecule has 3 N–H and O–H groups in total. The summed E-state index contributed by atoms with van der Waals surface area (Å²) in [5, 5.41) is 11.8. The molecule has 10 nitrogen and oxygen atoms in total. The average Bonchev–Trinajstić information content (AvgIpc) is 3.11. The Morgan fingerprint density at radius 2 is 1.60 bits per heavy atom. The van der Waals surface area contributed by atoms with Gasteiger partial charge in [-0.05, 0) is 76.1 Å². The fourth-order valence-corrected chi connectivity index (χ4v) is 3.21. The molecule has 0 saturated carbocycles. The number of benzene rings is 2. The number of nitrogens with one attached hydrogen (secondary N) is 1. The Kier molecular flexibility index (Phi) is 7.53. The zero-order valence-corrected chi connectivity index (χ0v) is 20.2. The van der Waals surface area contributed by atoms with E-state index in [-0.39, 0.29) is 17.9 Å². The summed E-state index contributed by atoms with van der Waals surface area (Å²) in [6.07, 6.45) is 0.557. The Balaban J connectivity index is 1.63. The predicted molar refractivity (Wildman–Crippen MR) is 130 cm³/mol. The summed E-state index contributed by atoms with van der Waals surface area (Å²) in [5.41, 5.74) is 7.13. The normalized spacial score (nSPS) is 11.2. The number of carbonyl (C=O) groups is 2. The van der Waals surface area contributed by atoms with Crippen molar-refractivity contribution in [1.82, 2.24) is 14.3 Å². The highest BCUT2D eigenvalue weighted by atomic mass is 16.7. The number of hydrogen-bond acceptors (Lipinski definition) is 7. The molecule has 0 aliphatic heterocycles. The first-order chi connectivity index (χ1) is 16.5. The van der Waals surface area contributed by atoms with Crippen molar-refractivity contribution >= 4 is 17.8 Å². The first kappa shape index (κ1) is 25.4. The number of rotatable bonds is 8. The monoisotopic (exact) mass is 479 g/mol. The van der Waals surface area contributed by atoms with Crippen LogP contribution in [0.5, 0.6) is 0 Å². The van der Waals surface area contributed by atoms with Gasteiger partial charge in [-0.15, -0.1) is 5.10 Å². The van der Waals surface area contributed by atoms with Gasteiger partial charge in [0.2, 0.25) is 6.79 Å². The van der Waals surface area contributed by atoms with Gasteiger partial charge >= 0.3 is 17.6 Å². The van der Waals surface area contributed by atoms with E-state index in [2.05, 4.69) is 5.10 Å². The van der Waals surface area contributed by atoms with Gasteiger partial charge in [-0.25, -0.2) is 9.36 Å². The summed E-state index contributed by atoms with van der Waals surface area (Å²) in [6, 6.07) is 13.9. The highest BCUT2D eigenvalue weighted by Crippen LogP contribution is 2.16. The molecule has 1 heterocycles. The fraction of sp³-hybridized carbons (Fsp3) is 0.320. The molecule has 0 aliphatic carbocycles. The first-order valence-electron chi connectivity index (χ1n) is 11.0. The highest BCUT2D eigenvalue weighted by molar-refractivity contribution is 5.95. The van der Waals surface area contributed by atoms with Crippen molar-refractivity contribution in [3.63, 3.8) is 0 Å².